The van der Waals surface area contributed by atoms with Crippen LogP contribution in [-0.2, 0) is 16.1 Å². The highest BCUT2D eigenvalue weighted by Gasteiger charge is 2.10. The van der Waals surface area contributed by atoms with E-state index in [0.29, 0.717) is 5.95 Å². The normalized spacial score (nSPS) is 10.5. The SMILES string of the molecule is Cc1ccc(Nc2nc(N)nc(COC(=O)CSc3ccccc3C)n2)cc1. The molecule has 0 aliphatic carbocycles. The maximum absolute atomic E-state index is 12.0. The number of aryl methyl sites for hydroxylation is 2. The van der Waals surface area contributed by atoms with Gasteiger partial charge in [-0.3, -0.25) is 4.79 Å². The highest BCUT2D eigenvalue weighted by Crippen LogP contribution is 2.22. The maximum atomic E-state index is 12.0. The molecule has 0 spiro atoms. The average molecular weight is 395 g/mol. The standard InChI is InChI=1S/C20H21N5O2S/c1-13-7-9-15(10-8-13)22-20-24-17(23-19(21)25-20)11-27-18(26)12-28-16-6-4-3-5-14(16)2/h3-10H,11-12H2,1-2H3,(H3,21,22,23,24,25). The van der Waals surface area contributed by atoms with Crippen molar-refractivity contribution in [2.24, 2.45) is 0 Å². The number of aromatic nitrogens is 3. The molecule has 0 saturated carbocycles. The summed E-state index contributed by atoms with van der Waals surface area (Å²) in [6.07, 6.45) is 0. The fraction of sp³-hybridized carbons (Fsp3) is 0.200. The molecule has 8 heteroatoms. The van der Waals surface area contributed by atoms with Crippen LogP contribution in [0.2, 0.25) is 0 Å². The minimum absolute atomic E-state index is 0.0601. The van der Waals surface area contributed by atoms with Crippen molar-refractivity contribution in [1.82, 2.24) is 15.0 Å². The number of benzene rings is 2. The van der Waals surface area contributed by atoms with Crippen LogP contribution in [0, 0.1) is 13.8 Å². The summed E-state index contributed by atoms with van der Waals surface area (Å²) in [5.74, 6) is 0.512. The fourth-order valence-corrected chi connectivity index (χ4v) is 3.19. The lowest BCUT2D eigenvalue weighted by Gasteiger charge is -2.09. The van der Waals surface area contributed by atoms with Crippen molar-refractivity contribution < 1.29 is 9.53 Å². The molecule has 7 nitrogen and oxygen atoms in total. The second kappa shape index (κ2) is 9.18. The van der Waals surface area contributed by atoms with Gasteiger partial charge in [-0.05, 0) is 37.6 Å². The molecule has 0 amide bonds. The van der Waals surface area contributed by atoms with Crippen molar-refractivity contribution in [3.63, 3.8) is 0 Å². The van der Waals surface area contributed by atoms with Crippen LogP contribution in [0.25, 0.3) is 0 Å². The minimum atomic E-state index is -0.347. The van der Waals surface area contributed by atoms with Crippen LogP contribution >= 0.6 is 11.8 Å². The van der Waals surface area contributed by atoms with E-state index in [0.717, 1.165) is 21.7 Å². The molecule has 0 atom stereocenters. The van der Waals surface area contributed by atoms with Crippen molar-refractivity contribution in [2.75, 3.05) is 16.8 Å². The predicted molar refractivity (Wildman–Crippen MR) is 110 cm³/mol. The van der Waals surface area contributed by atoms with Gasteiger partial charge in [-0.25, -0.2) is 0 Å². The van der Waals surface area contributed by atoms with Gasteiger partial charge in [-0.15, -0.1) is 11.8 Å². The number of nitrogen functional groups attached to an aromatic ring is 1. The number of anilines is 3. The molecule has 0 saturated heterocycles. The second-order valence-electron chi connectivity index (χ2n) is 6.14. The number of ether oxygens (including phenoxy) is 1. The Morgan fingerprint density at radius 3 is 2.57 bits per heavy atom. The molecule has 144 valence electrons. The zero-order valence-electron chi connectivity index (χ0n) is 15.7. The molecule has 28 heavy (non-hydrogen) atoms. The van der Waals surface area contributed by atoms with E-state index < -0.39 is 0 Å². The van der Waals surface area contributed by atoms with E-state index in [1.54, 1.807) is 0 Å². The minimum Gasteiger partial charge on any atom is -0.457 e. The monoisotopic (exact) mass is 395 g/mol. The topological polar surface area (TPSA) is 103 Å². The van der Waals surface area contributed by atoms with Crippen molar-refractivity contribution in [3.05, 3.63) is 65.5 Å². The maximum Gasteiger partial charge on any atom is 0.316 e. The van der Waals surface area contributed by atoms with Gasteiger partial charge in [0.15, 0.2) is 12.4 Å². The summed E-state index contributed by atoms with van der Waals surface area (Å²) in [7, 11) is 0. The van der Waals surface area contributed by atoms with E-state index in [-0.39, 0.29) is 30.1 Å². The number of nitrogens with two attached hydrogens (primary N) is 1. The summed E-state index contributed by atoms with van der Waals surface area (Å²) in [5, 5.41) is 3.07. The van der Waals surface area contributed by atoms with Gasteiger partial charge < -0.3 is 15.8 Å². The van der Waals surface area contributed by atoms with Gasteiger partial charge >= 0.3 is 5.97 Å². The summed E-state index contributed by atoms with van der Waals surface area (Å²) in [6, 6.07) is 15.7. The van der Waals surface area contributed by atoms with Gasteiger partial charge in [0, 0.05) is 10.6 Å². The Balaban J connectivity index is 1.56. The van der Waals surface area contributed by atoms with E-state index in [2.05, 4.69) is 20.3 Å². The molecule has 3 N–H and O–H groups in total. The number of esters is 1. The van der Waals surface area contributed by atoms with Crippen molar-refractivity contribution in [2.45, 2.75) is 25.3 Å². The lowest BCUT2D eigenvalue weighted by atomic mass is 10.2. The molecule has 3 rings (SSSR count). The van der Waals surface area contributed by atoms with Gasteiger partial charge in [0.1, 0.15) is 0 Å². The summed E-state index contributed by atoms with van der Waals surface area (Å²) in [4.78, 5) is 25.4. The Morgan fingerprint density at radius 2 is 1.82 bits per heavy atom. The third kappa shape index (κ3) is 5.68. The molecule has 0 radical (unpaired) electrons. The van der Waals surface area contributed by atoms with Gasteiger partial charge in [-0.1, -0.05) is 35.9 Å². The first-order valence-electron chi connectivity index (χ1n) is 8.68. The number of nitrogens with zero attached hydrogens (tertiary/aromatic N) is 3. The van der Waals surface area contributed by atoms with Crippen LogP contribution in [0.4, 0.5) is 17.6 Å². The van der Waals surface area contributed by atoms with Gasteiger partial charge in [0.25, 0.3) is 0 Å². The van der Waals surface area contributed by atoms with Gasteiger partial charge in [0.05, 0.1) is 5.75 Å². The third-order valence-electron chi connectivity index (χ3n) is 3.81. The van der Waals surface area contributed by atoms with Crippen LogP contribution in [-0.4, -0.2) is 26.7 Å². The molecule has 0 aliphatic heterocycles. The second-order valence-corrected chi connectivity index (χ2v) is 7.16. The number of rotatable bonds is 7. The number of thioether (sulfide) groups is 1. The molecule has 0 fully saturated rings. The quantitative estimate of drug-likeness (QED) is 0.462. The average Bonchev–Trinajstić information content (AvgIpc) is 2.67. The summed E-state index contributed by atoms with van der Waals surface area (Å²) >= 11 is 1.43. The zero-order chi connectivity index (χ0) is 19.9. The van der Waals surface area contributed by atoms with E-state index >= 15 is 0 Å². The first kappa shape index (κ1) is 19.6. The molecule has 0 bridgehead atoms. The predicted octanol–water partition coefficient (Wildman–Crippen LogP) is 3.65. The summed E-state index contributed by atoms with van der Waals surface area (Å²) < 4.78 is 5.27. The van der Waals surface area contributed by atoms with Gasteiger partial charge in [0.2, 0.25) is 11.9 Å². The highest BCUT2D eigenvalue weighted by atomic mass is 32.2. The van der Waals surface area contributed by atoms with Crippen LogP contribution in [0.15, 0.2) is 53.4 Å². The first-order valence-corrected chi connectivity index (χ1v) is 9.66. The lowest BCUT2D eigenvalue weighted by molar-refractivity contribution is -0.141. The molecular formula is C20H21N5O2S. The Bertz CT molecular complexity index is 963. The molecular weight excluding hydrogens is 374 g/mol. The number of hydrogen-bond donors (Lipinski definition) is 2. The van der Waals surface area contributed by atoms with Crippen LogP contribution in [0.5, 0.6) is 0 Å². The lowest BCUT2D eigenvalue weighted by Crippen LogP contribution is -2.12. The summed E-state index contributed by atoms with van der Waals surface area (Å²) in [6.45, 7) is 3.95. The number of carbonyl (C=O) groups is 1. The first-order chi connectivity index (χ1) is 13.5. The smallest absolute Gasteiger partial charge is 0.316 e. The molecule has 0 aliphatic rings. The third-order valence-corrected chi connectivity index (χ3v) is 4.96. The van der Waals surface area contributed by atoms with E-state index in [1.807, 2.05) is 62.4 Å². The van der Waals surface area contributed by atoms with E-state index in [1.165, 1.54) is 11.8 Å². The van der Waals surface area contributed by atoms with Crippen LogP contribution < -0.4 is 11.1 Å². The van der Waals surface area contributed by atoms with Crippen molar-refractivity contribution >= 4 is 35.3 Å². The molecule has 1 heterocycles. The fourth-order valence-electron chi connectivity index (χ4n) is 2.37. The largest absolute Gasteiger partial charge is 0.457 e. The highest BCUT2D eigenvalue weighted by molar-refractivity contribution is 8.00. The molecule has 0 unspecified atom stereocenters. The molecule has 1 aromatic heterocycles. The zero-order valence-corrected chi connectivity index (χ0v) is 16.5. The molecule has 3 aromatic rings. The van der Waals surface area contributed by atoms with Gasteiger partial charge in [-0.2, -0.15) is 15.0 Å². The van der Waals surface area contributed by atoms with Crippen LogP contribution in [0.1, 0.15) is 17.0 Å². The summed E-state index contributed by atoms with van der Waals surface area (Å²) in [5.41, 5.74) is 8.85. The number of nitrogens with one attached hydrogen (secondary N) is 1. The van der Waals surface area contributed by atoms with E-state index in [4.69, 9.17) is 10.5 Å². The van der Waals surface area contributed by atoms with Crippen LogP contribution in [0.3, 0.4) is 0 Å². The number of carbonyl (C=O) groups excluding carboxylic acids is 1. The Kier molecular flexibility index (Phi) is 6.44. The van der Waals surface area contributed by atoms with Crippen molar-refractivity contribution in [3.8, 4) is 0 Å². The van der Waals surface area contributed by atoms with Crippen molar-refractivity contribution in [1.29, 1.82) is 0 Å². The number of hydrogen-bond acceptors (Lipinski definition) is 8. The Morgan fingerprint density at radius 1 is 1.07 bits per heavy atom. The van der Waals surface area contributed by atoms with E-state index in [9.17, 15) is 4.79 Å². The Hall–Kier alpha value is -3.13. The Labute approximate surface area is 167 Å². The molecule has 2 aromatic carbocycles.